The maximum atomic E-state index is 11.5. The van der Waals surface area contributed by atoms with Gasteiger partial charge in [-0.05, 0) is 24.5 Å². The van der Waals surface area contributed by atoms with Crippen LogP contribution in [0, 0.1) is 0 Å². The van der Waals surface area contributed by atoms with Crippen LogP contribution in [0.1, 0.15) is 115 Å². The van der Waals surface area contributed by atoms with Crippen LogP contribution in [0.3, 0.4) is 0 Å². The number of rotatable bonds is 21. The highest BCUT2D eigenvalue weighted by molar-refractivity contribution is 5.76. The minimum atomic E-state index is 0.114. The molecule has 0 spiro atoms. The topological polar surface area (TPSA) is 40.5 Å². The van der Waals surface area contributed by atoms with Gasteiger partial charge in [0, 0.05) is 18.8 Å². The van der Waals surface area contributed by atoms with E-state index in [0.717, 1.165) is 30.6 Å². The van der Waals surface area contributed by atoms with E-state index in [9.17, 15) is 9.90 Å². The van der Waals surface area contributed by atoms with Gasteiger partial charge in [0.15, 0.2) is 0 Å². The van der Waals surface area contributed by atoms with Gasteiger partial charge in [0.25, 0.3) is 0 Å². The van der Waals surface area contributed by atoms with Crippen molar-refractivity contribution in [2.45, 2.75) is 116 Å². The van der Waals surface area contributed by atoms with Crippen LogP contribution in [0.25, 0.3) is 0 Å². The number of anilines is 1. The van der Waals surface area contributed by atoms with E-state index >= 15 is 0 Å². The highest BCUT2D eigenvalue weighted by atomic mass is 16.3. The Morgan fingerprint density at radius 3 is 1.67 bits per heavy atom. The van der Waals surface area contributed by atoms with Crippen LogP contribution in [0.4, 0.5) is 5.69 Å². The first-order valence-electron chi connectivity index (χ1n) is 12.7. The van der Waals surface area contributed by atoms with E-state index in [1.807, 2.05) is 24.3 Å². The largest absolute Gasteiger partial charge is 0.396 e. The summed E-state index contributed by atoms with van der Waals surface area (Å²) in [6.45, 7) is 3.16. The van der Waals surface area contributed by atoms with E-state index in [2.05, 4.69) is 6.92 Å². The lowest BCUT2D eigenvalue weighted by Crippen LogP contribution is -2.23. The summed E-state index contributed by atoms with van der Waals surface area (Å²) in [4.78, 5) is 13.3. The van der Waals surface area contributed by atoms with Crippen molar-refractivity contribution in [3.8, 4) is 0 Å². The number of unbranched alkanes of at least 4 members (excludes halogenated alkanes) is 15. The van der Waals surface area contributed by atoms with Crippen molar-refractivity contribution < 1.29 is 9.90 Å². The highest BCUT2D eigenvalue weighted by Crippen LogP contribution is 2.21. The lowest BCUT2D eigenvalue weighted by molar-refractivity contribution is -0.107. The van der Waals surface area contributed by atoms with E-state index in [-0.39, 0.29) is 6.61 Å². The van der Waals surface area contributed by atoms with Crippen molar-refractivity contribution in [2.24, 2.45) is 0 Å². The monoisotopic (exact) mass is 417 g/mol. The number of hydrogen-bond acceptors (Lipinski definition) is 2. The van der Waals surface area contributed by atoms with E-state index in [1.54, 1.807) is 4.90 Å². The number of aliphatic hydroxyl groups is 1. The molecular formula is C27H47NO2. The van der Waals surface area contributed by atoms with E-state index in [0.29, 0.717) is 6.42 Å². The minimum Gasteiger partial charge on any atom is -0.396 e. The van der Waals surface area contributed by atoms with Crippen LogP contribution < -0.4 is 4.90 Å². The lowest BCUT2D eigenvalue weighted by atomic mass is 10.0. The van der Waals surface area contributed by atoms with Crippen LogP contribution in [-0.2, 0) is 11.2 Å². The van der Waals surface area contributed by atoms with Gasteiger partial charge in [-0.15, -0.1) is 0 Å². The first-order valence-corrected chi connectivity index (χ1v) is 12.7. The van der Waals surface area contributed by atoms with E-state index in [1.165, 1.54) is 96.3 Å². The molecule has 1 amide bonds. The number of carbonyl (C=O) groups is 1. The smallest absolute Gasteiger partial charge is 0.214 e. The molecule has 0 radical (unpaired) electrons. The summed E-state index contributed by atoms with van der Waals surface area (Å²) >= 11 is 0. The summed E-state index contributed by atoms with van der Waals surface area (Å²) in [5, 5.41) is 9.22. The molecule has 30 heavy (non-hydrogen) atoms. The molecular weight excluding hydrogens is 370 g/mol. The van der Waals surface area contributed by atoms with Gasteiger partial charge in [0.05, 0.1) is 0 Å². The number of aliphatic hydroxyl groups excluding tert-OH is 1. The SMILES string of the molecule is CCCCCCCCCCCCCCCCCCN(C=O)c1ccccc1CCO. The maximum absolute atomic E-state index is 11.5. The molecule has 1 N–H and O–H groups in total. The molecule has 0 aliphatic carbocycles. The summed E-state index contributed by atoms with van der Waals surface area (Å²) in [5.74, 6) is 0. The molecule has 0 fully saturated rings. The molecule has 0 aromatic heterocycles. The molecule has 172 valence electrons. The average molecular weight is 418 g/mol. The Bertz CT molecular complexity index is 517. The third-order valence-electron chi connectivity index (χ3n) is 6.06. The number of hydrogen-bond donors (Lipinski definition) is 1. The Morgan fingerprint density at radius 1 is 0.733 bits per heavy atom. The average Bonchev–Trinajstić information content (AvgIpc) is 2.77. The number of benzene rings is 1. The second-order valence-electron chi connectivity index (χ2n) is 8.70. The highest BCUT2D eigenvalue weighted by Gasteiger charge is 2.09. The van der Waals surface area contributed by atoms with Crippen LogP contribution in [0.5, 0.6) is 0 Å². The predicted octanol–water partition coefficient (Wildman–Crippen LogP) is 7.45. The summed E-state index contributed by atoms with van der Waals surface area (Å²) in [5.41, 5.74) is 1.99. The van der Waals surface area contributed by atoms with Gasteiger partial charge in [0.1, 0.15) is 0 Å². The van der Waals surface area contributed by atoms with Crippen LogP contribution in [0.15, 0.2) is 24.3 Å². The van der Waals surface area contributed by atoms with Gasteiger partial charge >= 0.3 is 0 Å². The molecule has 0 atom stereocenters. The molecule has 0 saturated carbocycles. The Labute approximate surface area is 186 Å². The molecule has 0 heterocycles. The molecule has 3 heteroatoms. The molecule has 0 saturated heterocycles. The maximum Gasteiger partial charge on any atom is 0.214 e. The second-order valence-corrected chi connectivity index (χ2v) is 8.70. The minimum absolute atomic E-state index is 0.114. The zero-order valence-corrected chi connectivity index (χ0v) is 19.6. The van der Waals surface area contributed by atoms with Crippen molar-refractivity contribution >= 4 is 12.1 Å². The Morgan fingerprint density at radius 2 is 1.20 bits per heavy atom. The molecule has 3 nitrogen and oxygen atoms in total. The van der Waals surface area contributed by atoms with Gasteiger partial charge < -0.3 is 10.0 Å². The summed E-state index contributed by atoms with van der Waals surface area (Å²) in [7, 11) is 0. The summed E-state index contributed by atoms with van der Waals surface area (Å²) in [6.07, 6.45) is 23.2. The van der Waals surface area contributed by atoms with Gasteiger partial charge in [0.2, 0.25) is 6.41 Å². The Balaban J connectivity index is 1.96. The molecule has 0 unspecified atom stereocenters. The fraction of sp³-hybridized carbons (Fsp3) is 0.741. The molecule has 0 aliphatic heterocycles. The van der Waals surface area contributed by atoms with Crippen LogP contribution >= 0.6 is 0 Å². The second kappa shape index (κ2) is 19.6. The third kappa shape index (κ3) is 13.1. The van der Waals surface area contributed by atoms with Crippen LogP contribution in [-0.4, -0.2) is 24.7 Å². The van der Waals surface area contributed by atoms with Gasteiger partial charge in [-0.1, -0.05) is 121 Å². The van der Waals surface area contributed by atoms with Gasteiger partial charge in [-0.2, -0.15) is 0 Å². The quantitative estimate of drug-likeness (QED) is 0.167. The van der Waals surface area contributed by atoms with Crippen LogP contribution in [0.2, 0.25) is 0 Å². The standard InChI is InChI=1S/C27H47NO2/c1-2-3-4-5-6-7-8-9-10-11-12-13-14-15-16-19-23-28(25-30)27-21-18-17-20-26(27)22-24-29/h17-18,20-21,25,29H,2-16,19,22-24H2,1H3. The van der Waals surface area contributed by atoms with Gasteiger partial charge in [-0.25, -0.2) is 0 Å². The van der Waals surface area contributed by atoms with Crippen molar-refractivity contribution in [3.63, 3.8) is 0 Å². The first kappa shape index (κ1) is 26.7. The lowest BCUT2D eigenvalue weighted by Gasteiger charge is -2.20. The molecule has 0 aliphatic rings. The Kier molecular flexibility index (Phi) is 17.4. The molecule has 1 aromatic carbocycles. The molecule has 1 rings (SSSR count). The number of para-hydroxylation sites is 1. The Hall–Kier alpha value is -1.35. The fourth-order valence-electron chi connectivity index (χ4n) is 4.18. The van der Waals surface area contributed by atoms with Gasteiger partial charge in [-0.3, -0.25) is 4.79 Å². The number of carbonyl (C=O) groups excluding carboxylic acids is 1. The number of amides is 1. The van der Waals surface area contributed by atoms with Crippen molar-refractivity contribution in [1.82, 2.24) is 0 Å². The third-order valence-corrected chi connectivity index (χ3v) is 6.06. The predicted molar refractivity (Wildman–Crippen MR) is 130 cm³/mol. The van der Waals surface area contributed by atoms with Crippen molar-refractivity contribution in [2.75, 3.05) is 18.1 Å². The zero-order valence-electron chi connectivity index (χ0n) is 19.6. The fourth-order valence-corrected chi connectivity index (χ4v) is 4.18. The zero-order chi connectivity index (χ0) is 21.7. The molecule has 0 bridgehead atoms. The normalized spacial score (nSPS) is 11.0. The van der Waals surface area contributed by atoms with Crippen molar-refractivity contribution in [3.05, 3.63) is 29.8 Å². The summed E-state index contributed by atoms with van der Waals surface area (Å²) < 4.78 is 0. The van der Waals surface area contributed by atoms with E-state index in [4.69, 9.17) is 0 Å². The summed E-state index contributed by atoms with van der Waals surface area (Å²) in [6, 6.07) is 7.90. The van der Waals surface area contributed by atoms with E-state index < -0.39 is 0 Å². The number of nitrogens with zero attached hydrogens (tertiary/aromatic N) is 1. The molecule has 1 aromatic rings. The first-order chi connectivity index (χ1) is 14.8. The van der Waals surface area contributed by atoms with Crippen molar-refractivity contribution in [1.29, 1.82) is 0 Å².